The molecule has 0 radical (unpaired) electrons. The summed E-state index contributed by atoms with van der Waals surface area (Å²) in [6.07, 6.45) is 0.857. The van der Waals surface area contributed by atoms with Crippen molar-refractivity contribution in [3.63, 3.8) is 0 Å². The van der Waals surface area contributed by atoms with E-state index in [1.165, 1.54) is 14.2 Å². The van der Waals surface area contributed by atoms with Crippen LogP contribution in [0.25, 0.3) is 0 Å². The molecule has 0 fully saturated rings. The fraction of sp³-hybridized carbons (Fsp3) is 0.333. The number of hydrogen-bond acceptors (Lipinski definition) is 5. The Bertz CT molecular complexity index is 760. The van der Waals surface area contributed by atoms with Gasteiger partial charge in [0, 0.05) is 18.7 Å². The van der Waals surface area contributed by atoms with Crippen molar-refractivity contribution >= 4 is 11.9 Å². The molecule has 2 rings (SSSR count). The molecule has 0 atom stereocenters. The highest BCUT2D eigenvalue weighted by molar-refractivity contribution is 5.95. The maximum absolute atomic E-state index is 13.0. The van der Waals surface area contributed by atoms with Gasteiger partial charge in [-0.05, 0) is 30.2 Å². The van der Waals surface area contributed by atoms with Crippen molar-refractivity contribution in [1.29, 1.82) is 0 Å². The van der Waals surface area contributed by atoms with E-state index in [1.807, 2.05) is 37.3 Å². The quantitative estimate of drug-likeness (QED) is 0.633. The third-order valence-corrected chi connectivity index (χ3v) is 3.98. The lowest BCUT2D eigenvalue weighted by molar-refractivity contribution is -0.142. The van der Waals surface area contributed by atoms with Crippen LogP contribution >= 0.6 is 0 Å². The first-order chi connectivity index (χ1) is 13.1. The summed E-state index contributed by atoms with van der Waals surface area (Å²) in [5.41, 5.74) is 1.57. The van der Waals surface area contributed by atoms with Gasteiger partial charge in [0.2, 0.25) is 0 Å². The summed E-state index contributed by atoms with van der Waals surface area (Å²) in [5.74, 6) is 0.193. The van der Waals surface area contributed by atoms with Gasteiger partial charge in [0.05, 0.1) is 14.2 Å². The molecule has 0 N–H and O–H groups in total. The number of rotatable bonds is 9. The van der Waals surface area contributed by atoms with Gasteiger partial charge in [-0.1, -0.05) is 37.3 Å². The first-order valence-corrected chi connectivity index (χ1v) is 8.79. The van der Waals surface area contributed by atoms with E-state index < -0.39 is 5.97 Å². The Hall–Kier alpha value is -3.02. The number of methoxy groups -OCH3 is 2. The lowest BCUT2D eigenvalue weighted by Crippen LogP contribution is -2.31. The molecule has 6 nitrogen and oxygen atoms in total. The van der Waals surface area contributed by atoms with Crippen LogP contribution in [0.2, 0.25) is 0 Å². The molecule has 144 valence electrons. The molecule has 0 aliphatic carbocycles. The van der Waals surface area contributed by atoms with Crippen LogP contribution < -0.4 is 9.47 Å². The number of benzene rings is 2. The van der Waals surface area contributed by atoms with Crippen molar-refractivity contribution in [2.24, 2.45) is 0 Å². The molecule has 0 spiro atoms. The normalized spacial score (nSPS) is 10.2. The highest BCUT2D eigenvalue weighted by Gasteiger charge is 2.18. The largest absolute Gasteiger partial charge is 0.493 e. The van der Waals surface area contributed by atoms with Crippen molar-refractivity contribution in [2.45, 2.75) is 19.9 Å². The van der Waals surface area contributed by atoms with Crippen LogP contribution in [0, 0.1) is 0 Å². The van der Waals surface area contributed by atoms with Crippen LogP contribution in [0.1, 0.15) is 29.3 Å². The SMILES string of the molecule is CCCN(Cc1ccccc1)C(=O)c1ccc(OCC(=O)OC)c(OC)c1. The van der Waals surface area contributed by atoms with Crippen LogP contribution in [0.15, 0.2) is 48.5 Å². The highest BCUT2D eigenvalue weighted by Crippen LogP contribution is 2.29. The minimum atomic E-state index is -0.491. The average molecular weight is 371 g/mol. The summed E-state index contributed by atoms with van der Waals surface area (Å²) in [5, 5.41) is 0. The predicted molar refractivity (Wildman–Crippen MR) is 102 cm³/mol. The third kappa shape index (κ3) is 5.74. The Morgan fingerprint density at radius 2 is 1.74 bits per heavy atom. The van der Waals surface area contributed by atoms with Gasteiger partial charge in [0.15, 0.2) is 18.1 Å². The van der Waals surface area contributed by atoms with Crippen molar-refractivity contribution < 1.29 is 23.8 Å². The van der Waals surface area contributed by atoms with Gasteiger partial charge in [0.25, 0.3) is 5.91 Å². The average Bonchev–Trinajstić information content (AvgIpc) is 2.71. The molecule has 27 heavy (non-hydrogen) atoms. The molecule has 0 aliphatic rings. The summed E-state index contributed by atoms with van der Waals surface area (Å²) in [7, 11) is 2.78. The second-order valence-electron chi connectivity index (χ2n) is 5.94. The number of nitrogens with zero attached hydrogens (tertiary/aromatic N) is 1. The van der Waals surface area contributed by atoms with Gasteiger partial charge in [-0.15, -0.1) is 0 Å². The number of ether oxygens (including phenoxy) is 3. The number of carbonyl (C=O) groups excluding carboxylic acids is 2. The standard InChI is InChI=1S/C21H25NO5/c1-4-12-22(14-16-8-6-5-7-9-16)21(24)17-10-11-18(19(13-17)25-2)27-15-20(23)26-3/h5-11,13H,4,12,14-15H2,1-3H3. The topological polar surface area (TPSA) is 65.1 Å². The molecule has 1 amide bonds. The van der Waals surface area contributed by atoms with Gasteiger partial charge in [-0.2, -0.15) is 0 Å². The minimum Gasteiger partial charge on any atom is -0.493 e. The Kier molecular flexibility index (Phi) is 7.67. The number of amides is 1. The van der Waals surface area contributed by atoms with Crippen molar-refractivity contribution in [2.75, 3.05) is 27.4 Å². The van der Waals surface area contributed by atoms with Crippen molar-refractivity contribution in [1.82, 2.24) is 4.90 Å². The molecule has 2 aromatic rings. The zero-order valence-electron chi connectivity index (χ0n) is 15.9. The molecule has 0 heterocycles. The monoisotopic (exact) mass is 371 g/mol. The van der Waals surface area contributed by atoms with E-state index in [4.69, 9.17) is 9.47 Å². The van der Waals surface area contributed by atoms with E-state index in [0.29, 0.717) is 30.2 Å². The second-order valence-corrected chi connectivity index (χ2v) is 5.94. The summed E-state index contributed by atoms with van der Waals surface area (Å²) in [4.78, 5) is 26.0. The smallest absolute Gasteiger partial charge is 0.343 e. The van der Waals surface area contributed by atoms with Gasteiger partial charge < -0.3 is 19.1 Å². The molecule has 6 heteroatoms. The third-order valence-electron chi connectivity index (χ3n) is 3.98. The van der Waals surface area contributed by atoms with Crippen molar-refractivity contribution in [3.8, 4) is 11.5 Å². The highest BCUT2D eigenvalue weighted by atomic mass is 16.6. The molecule has 0 saturated heterocycles. The predicted octanol–water partition coefficient (Wildman–Crippen LogP) is 3.30. The van der Waals surface area contributed by atoms with E-state index in [0.717, 1.165) is 12.0 Å². The van der Waals surface area contributed by atoms with E-state index >= 15 is 0 Å². The minimum absolute atomic E-state index is 0.0847. The summed E-state index contributed by atoms with van der Waals surface area (Å²) >= 11 is 0. The molecule has 0 bridgehead atoms. The fourth-order valence-corrected chi connectivity index (χ4v) is 2.62. The Balaban J connectivity index is 2.18. The first kappa shape index (κ1) is 20.3. The second kappa shape index (κ2) is 10.2. The molecular formula is C21H25NO5. The fourth-order valence-electron chi connectivity index (χ4n) is 2.62. The molecule has 0 aromatic heterocycles. The molecular weight excluding hydrogens is 346 g/mol. The van der Waals surface area contributed by atoms with Gasteiger partial charge in [-0.3, -0.25) is 4.79 Å². The van der Waals surface area contributed by atoms with Crippen LogP contribution in [0.4, 0.5) is 0 Å². The molecule has 0 saturated carbocycles. The van der Waals surface area contributed by atoms with Crippen LogP contribution in [0.5, 0.6) is 11.5 Å². The van der Waals surface area contributed by atoms with Crippen molar-refractivity contribution in [3.05, 3.63) is 59.7 Å². The van der Waals surface area contributed by atoms with E-state index in [-0.39, 0.29) is 12.5 Å². The Labute approximate surface area is 159 Å². The van der Waals surface area contributed by atoms with E-state index in [9.17, 15) is 9.59 Å². The maximum Gasteiger partial charge on any atom is 0.343 e. The molecule has 2 aromatic carbocycles. The summed E-state index contributed by atoms with van der Waals surface area (Å²) in [6, 6.07) is 14.8. The van der Waals surface area contributed by atoms with Gasteiger partial charge >= 0.3 is 5.97 Å². The van der Waals surface area contributed by atoms with E-state index in [2.05, 4.69) is 4.74 Å². The summed E-state index contributed by atoms with van der Waals surface area (Å²) in [6.45, 7) is 3.00. The Morgan fingerprint density at radius 1 is 1.00 bits per heavy atom. The van der Waals surface area contributed by atoms with E-state index in [1.54, 1.807) is 23.1 Å². The van der Waals surface area contributed by atoms with Crippen LogP contribution in [-0.2, 0) is 16.1 Å². The first-order valence-electron chi connectivity index (χ1n) is 8.79. The maximum atomic E-state index is 13.0. The van der Waals surface area contributed by atoms with Gasteiger partial charge in [-0.25, -0.2) is 4.79 Å². The lowest BCUT2D eigenvalue weighted by Gasteiger charge is -2.23. The van der Waals surface area contributed by atoms with Gasteiger partial charge in [0.1, 0.15) is 0 Å². The summed E-state index contributed by atoms with van der Waals surface area (Å²) < 4.78 is 15.3. The zero-order valence-corrected chi connectivity index (χ0v) is 15.9. The lowest BCUT2D eigenvalue weighted by atomic mass is 10.1. The number of hydrogen-bond donors (Lipinski definition) is 0. The zero-order chi connectivity index (χ0) is 19.6. The number of carbonyl (C=O) groups is 2. The Morgan fingerprint density at radius 3 is 2.37 bits per heavy atom. The number of esters is 1. The molecule has 0 aliphatic heterocycles. The van der Waals surface area contributed by atoms with Crippen LogP contribution in [-0.4, -0.2) is 44.1 Å². The molecule has 0 unspecified atom stereocenters. The van der Waals surface area contributed by atoms with Crippen LogP contribution in [0.3, 0.4) is 0 Å².